The Morgan fingerprint density at radius 3 is 2.96 bits per heavy atom. The number of ether oxygens (including phenoxy) is 2. The molecule has 0 bridgehead atoms. The molecule has 3 rings (SSSR count). The molecule has 1 atom stereocenters. The lowest BCUT2D eigenvalue weighted by atomic mass is 10.2. The summed E-state index contributed by atoms with van der Waals surface area (Å²) in [5, 5.41) is 5.78. The van der Waals surface area contributed by atoms with Crippen molar-refractivity contribution in [2.45, 2.75) is 32.4 Å². The molecule has 7 heteroatoms. The topological polar surface area (TPSA) is 79.9 Å². The van der Waals surface area contributed by atoms with Crippen LogP contribution >= 0.6 is 0 Å². The first-order valence-corrected chi connectivity index (χ1v) is 8.31. The Balaban J connectivity index is 1.56. The number of fused-ring (bicyclic) bond motifs is 1. The van der Waals surface area contributed by atoms with Crippen molar-refractivity contribution in [3.05, 3.63) is 23.8 Å². The molecule has 0 radical (unpaired) electrons. The summed E-state index contributed by atoms with van der Waals surface area (Å²) in [5.41, 5.74) is 0.903. The van der Waals surface area contributed by atoms with Crippen LogP contribution in [0.2, 0.25) is 0 Å². The number of para-hydroxylation sites is 1. The third kappa shape index (κ3) is 3.90. The second-order valence-corrected chi connectivity index (χ2v) is 6.09. The van der Waals surface area contributed by atoms with Crippen LogP contribution in [0.3, 0.4) is 0 Å². The highest BCUT2D eigenvalue weighted by molar-refractivity contribution is 5.76. The minimum atomic E-state index is -0.130. The first-order chi connectivity index (χ1) is 11.6. The van der Waals surface area contributed by atoms with Gasteiger partial charge in [0.2, 0.25) is 5.91 Å². The zero-order valence-corrected chi connectivity index (χ0v) is 13.8. The zero-order valence-electron chi connectivity index (χ0n) is 13.8. The SMILES string of the molecule is CC(=O)NC1CCN(C(=O)NCc2cccc3c2OCCCO3)C1. The van der Waals surface area contributed by atoms with Gasteiger partial charge in [-0.1, -0.05) is 12.1 Å². The molecular weight excluding hydrogens is 310 g/mol. The van der Waals surface area contributed by atoms with E-state index in [0.29, 0.717) is 38.6 Å². The van der Waals surface area contributed by atoms with E-state index in [2.05, 4.69) is 10.6 Å². The number of urea groups is 1. The summed E-state index contributed by atoms with van der Waals surface area (Å²) in [5.74, 6) is 1.38. The summed E-state index contributed by atoms with van der Waals surface area (Å²) < 4.78 is 11.4. The van der Waals surface area contributed by atoms with Gasteiger partial charge in [-0.3, -0.25) is 4.79 Å². The molecule has 1 fully saturated rings. The highest BCUT2D eigenvalue weighted by atomic mass is 16.5. The lowest BCUT2D eigenvalue weighted by Gasteiger charge is -2.18. The van der Waals surface area contributed by atoms with Gasteiger partial charge in [-0.25, -0.2) is 4.79 Å². The first-order valence-electron chi connectivity index (χ1n) is 8.31. The maximum Gasteiger partial charge on any atom is 0.317 e. The standard InChI is InChI=1S/C17H23N3O4/c1-12(21)19-14-6-7-20(11-14)17(22)18-10-13-4-2-5-15-16(13)24-9-3-8-23-15/h2,4-5,14H,3,6-11H2,1H3,(H,18,22)(H,19,21). The maximum absolute atomic E-state index is 12.3. The number of nitrogens with one attached hydrogen (secondary N) is 2. The van der Waals surface area contributed by atoms with Gasteiger partial charge in [-0.2, -0.15) is 0 Å². The van der Waals surface area contributed by atoms with E-state index in [1.807, 2.05) is 18.2 Å². The van der Waals surface area contributed by atoms with Crippen molar-refractivity contribution < 1.29 is 19.1 Å². The van der Waals surface area contributed by atoms with Gasteiger partial charge in [-0.05, 0) is 12.5 Å². The Morgan fingerprint density at radius 1 is 1.29 bits per heavy atom. The quantitative estimate of drug-likeness (QED) is 0.873. The minimum Gasteiger partial charge on any atom is -0.490 e. The number of nitrogens with zero attached hydrogens (tertiary/aromatic N) is 1. The van der Waals surface area contributed by atoms with Gasteiger partial charge in [0.15, 0.2) is 11.5 Å². The number of benzene rings is 1. The van der Waals surface area contributed by atoms with E-state index >= 15 is 0 Å². The van der Waals surface area contributed by atoms with E-state index in [4.69, 9.17) is 9.47 Å². The molecule has 2 heterocycles. The summed E-state index contributed by atoms with van der Waals surface area (Å²) in [4.78, 5) is 25.1. The Labute approximate surface area is 141 Å². The van der Waals surface area contributed by atoms with Gasteiger partial charge < -0.3 is 25.0 Å². The number of amides is 3. The summed E-state index contributed by atoms with van der Waals surface area (Å²) in [6.07, 6.45) is 1.63. The molecule has 0 aliphatic carbocycles. The number of carbonyl (C=O) groups excluding carboxylic acids is 2. The second kappa shape index (κ2) is 7.42. The van der Waals surface area contributed by atoms with E-state index in [-0.39, 0.29) is 18.0 Å². The molecule has 1 unspecified atom stereocenters. The van der Waals surface area contributed by atoms with Crippen molar-refractivity contribution in [3.8, 4) is 11.5 Å². The molecule has 2 aliphatic rings. The van der Waals surface area contributed by atoms with Crippen molar-refractivity contribution in [1.29, 1.82) is 0 Å². The van der Waals surface area contributed by atoms with Gasteiger partial charge in [-0.15, -0.1) is 0 Å². The first kappa shape index (κ1) is 16.4. The molecule has 0 saturated carbocycles. The van der Waals surface area contributed by atoms with Crippen LogP contribution in [0.4, 0.5) is 4.79 Å². The van der Waals surface area contributed by atoms with E-state index in [9.17, 15) is 9.59 Å². The predicted octanol–water partition coefficient (Wildman–Crippen LogP) is 1.27. The van der Waals surface area contributed by atoms with Crippen LogP contribution < -0.4 is 20.1 Å². The van der Waals surface area contributed by atoms with Crippen LogP contribution in [0, 0.1) is 0 Å². The van der Waals surface area contributed by atoms with Gasteiger partial charge in [0, 0.05) is 44.6 Å². The Hall–Kier alpha value is -2.44. The van der Waals surface area contributed by atoms with Crippen LogP contribution in [-0.4, -0.2) is 49.2 Å². The van der Waals surface area contributed by atoms with Crippen LogP contribution in [0.15, 0.2) is 18.2 Å². The zero-order chi connectivity index (χ0) is 16.9. The lowest BCUT2D eigenvalue weighted by Crippen LogP contribution is -2.41. The smallest absolute Gasteiger partial charge is 0.317 e. The van der Waals surface area contributed by atoms with Crippen molar-refractivity contribution in [1.82, 2.24) is 15.5 Å². The van der Waals surface area contributed by atoms with Gasteiger partial charge in [0.05, 0.1) is 13.2 Å². The van der Waals surface area contributed by atoms with E-state index in [1.165, 1.54) is 6.92 Å². The second-order valence-electron chi connectivity index (χ2n) is 6.09. The number of carbonyl (C=O) groups is 2. The number of hydrogen-bond acceptors (Lipinski definition) is 4. The molecule has 3 amide bonds. The van der Waals surface area contributed by atoms with Crippen molar-refractivity contribution in [2.24, 2.45) is 0 Å². The minimum absolute atomic E-state index is 0.0398. The third-order valence-corrected chi connectivity index (χ3v) is 4.17. The molecule has 1 aromatic rings. The van der Waals surface area contributed by atoms with E-state index in [0.717, 1.165) is 24.2 Å². The molecule has 1 saturated heterocycles. The fourth-order valence-electron chi connectivity index (χ4n) is 3.03. The van der Waals surface area contributed by atoms with E-state index in [1.54, 1.807) is 4.90 Å². The van der Waals surface area contributed by atoms with Crippen molar-refractivity contribution in [3.63, 3.8) is 0 Å². The Bertz CT molecular complexity index is 620. The summed E-state index contributed by atoms with van der Waals surface area (Å²) in [7, 11) is 0. The predicted molar refractivity (Wildman–Crippen MR) is 88.1 cm³/mol. The number of hydrogen-bond donors (Lipinski definition) is 2. The summed E-state index contributed by atoms with van der Waals surface area (Å²) >= 11 is 0. The average molecular weight is 333 g/mol. The molecule has 7 nitrogen and oxygen atoms in total. The van der Waals surface area contributed by atoms with Crippen LogP contribution in [0.25, 0.3) is 0 Å². The van der Waals surface area contributed by atoms with Crippen LogP contribution in [0.1, 0.15) is 25.3 Å². The van der Waals surface area contributed by atoms with E-state index < -0.39 is 0 Å². The Morgan fingerprint density at radius 2 is 2.12 bits per heavy atom. The van der Waals surface area contributed by atoms with Crippen LogP contribution in [-0.2, 0) is 11.3 Å². The largest absolute Gasteiger partial charge is 0.490 e. The molecule has 0 spiro atoms. The van der Waals surface area contributed by atoms with Gasteiger partial charge in [0.25, 0.3) is 0 Å². The van der Waals surface area contributed by atoms with Crippen LogP contribution in [0.5, 0.6) is 11.5 Å². The monoisotopic (exact) mass is 333 g/mol. The molecule has 0 aromatic heterocycles. The summed E-state index contributed by atoms with van der Waals surface area (Å²) in [6, 6.07) is 5.62. The number of rotatable bonds is 3. The molecule has 2 N–H and O–H groups in total. The van der Waals surface area contributed by atoms with Gasteiger partial charge >= 0.3 is 6.03 Å². The maximum atomic E-state index is 12.3. The molecule has 1 aromatic carbocycles. The fourth-order valence-corrected chi connectivity index (χ4v) is 3.03. The van der Waals surface area contributed by atoms with Crippen molar-refractivity contribution >= 4 is 11.9 Å². The normalized spacial score (nSPS) is 19.5. The van der Waals surface area contributed by atoms with Crippen molar-refractivity contribution in [2.75, 3.05) is 26.3 Å². The fraction of sp³-hybridized carbons (Fsp3) is 0.529. The third-order valence-electron chi connectivity index (χ3n) is 4.17. The lowest BCUT2D eigenvalue weighted by molar-refractivity contribution is -0.119. The summed E-state index contributed by atoms with van der Waals surface area (Å²) in [6.45, 7) is 4.31. The molecular formula is C17H23N3O4. The highest BCUT2D eigenvalue weighted by Crippen LogP contribution is 2.33. The Kier molecular flexibility index (Phi) is 5.08. The number of likely N-dealkylation sites (tertiary alicyclic amines) is 1. The molecule has 24 heavy (non-hydrogen) atoms. The average Bonchev–Trinajstić information content (AvgIpc) is 2.87. The van der Waals surface area contributed by atoms with Gasteiger partial charge in [0.1, 0.15) is 0 Å². The highest BCUT2D eigenvalue weighted by Gasteiger charge is 2.26. The molecule has 2 aliphatic heterocycles. The molecule has 130 valence electrons.